The molecule has 0 aromatic carbocycles. The molecule has 1 N–H and O–H groups in total. The van der Waals surface area contributed by atoms with Gasteiger partial charge < -0.3 is 5.11 Å². The minimum Gasteiger partial charge on any atom is -0.478 e. The molecule has 0 saturated carbocycles. The molecule has 0 rings (SSSR count). The zero-order valence-electron chi connectivity index (χ0n) is 26.5. The average Bonchev–Trinajstić information content (AvgIpc) is 2.89. The monoisotopic (exact) mass is 535 g/mol. The van der Waals surface area contributed by atoms with Crippen LogP contribution in [0.3, 0.4) is 0 Å². The third-order valence-corrected chi connectivity index (χ3v) is 8.20. The number of carbonyl (C=O) groups is 1. The second-order valence-electron chi connectivity index (χ2n) is 12.6. The van der Waals surface area contributed by atoms with Crippen LogP contribution in [-0.4, -0.2) is 11.1 Å². The Morgan fingerprint density at radius 2 is 0.868 bits per heavy atom. The van der Waals surface area contributed by atoms with Gasteiger partial charge in [-0.2, -0.15) is 0 Å². The van der Waals surface area contributed by atoms with E-state index in [1.54, 1.807) is 0 Å². The fourth-order valence-corrected chi connectivity index (χ4v) is 5.55. The van der Waals surface area contributed by atoms with Gasteiger partial charge in [0.15, 0.2) is 0 Å². The Morgan fingerprint density at radius 1 is 0.526 bits per heavy atom. The summed E-state index contributed by atoms with van der Waals surface area (Å²) in [5.41, 5.74) is 0.660. The summed E-state index contributed by atoms with van der Waals surface area (Å²) < 4.78 is 0. The Kier molecular flexibility index (Phi) is 30.1. The Labute approximate surface area is 240 Å². The first kappa shape index (κ1) is 37.2. The summed E-state index contributed by atoms with van der Waals surface area (Å²) in [7, 11) is 0. The molecule has 38 heavy (non-hydrogen) atoms. The highest BCUT2D eigenvalue weighted by Crippen LogP contribution is 2.17. The predicted octanol–water partition coefficient (Wildman–Crippen LogP) is 13.0. The van der Waals surface area contributed by atoms with Crippen LogP contribution < -0.4 is 0 Å². The SMILES string of the molecule is CCCCCCCCCCCCCCCC=C(CCCCCCCCCCCCCCCC(C)C)C(=O)O. The van der Waals surface area contributed by atoms with E-state index in [1.807, 2.05) is 6.08 Å². The largest absolute Gasteiger partial charge is 0.478 e. The highest BCUT2D eigenvalue weighted by Gasteiger charge is 2.06. The fraction of sp³-hybridized carbons (Fsp3) is 0.917. The summed E-state index contributed by atoms with van der Waals surface area (Å²) in [4.78, 5) is 11.6. The molecule has 2 nitrogen and oxygen atoms in total. The van der Waals surface area contributed by atoms with Crippen LogP contribution in [-0.2, 0) is 4.79 Å². The topological polar surface area (TPSA) is 37.3 Å². The van der Waals surface area contributed by atoms with Crippen molar-refractivity contribution in [2.45, 2.75) is 207 Å². The van der Waals surface area contributed by atoms with E-state index in [9.17, 15) is 9.90 Å². The van der Waals surface area contributed by atoms with Crippen LogP contribution in [0.25, 0.3) is 0 Å². The first-order valence-corrected chi connectivity index (χ1v) is 17.5. The second-order valence-corrected chi connectivity index (χ2v) is 12.6. The van der Waals surface area contributed by atoms with Crippen molar-refractivity contribution in [1.82, 2.24) is 0 Å². The minimum absolute atomic E-state index is 0.660. The molecule has 0 aromatic heterocycles. The molecule has 0 aliphatic heterocycles. The molecule has 226 valence electrons. The van der Waals surface area contributed by atoms with Gasteiger partial charge in [0.25, 0.3) is 0 Å². The molecule has 0 aliphatic carbocycles. The van der Waals surface area contributed by atoms with E-state index in [0.717, 1.165) is 31.6 Å². The molecular formula is C36H70O2. The van der Waals surface area contributed by atoms with E-state index in [-0.39, 0.29) is 0 Å². The van der Waals surface area contributed by atoms with Crippen molar-refractivity contribution in [1.29, 1.82) is 0 Å². The van der Waals surface area contributed by atoms with Gasteiger partial charge in [0.1, 0.15) is 0 Å². The van der Waals surface area contributed by atoms with Crippen molar-refractivity contribution < 1.29 is 9.90 Å². The lowest BCUT2D eigenvalue weighted by Gasteiger charge is -2.05. The number of hydrogen-bond donors (Lipinski definition) is 1. The molecule has 0 saturated heterocycles. The molecule has 0 unspecified atom stereocenters. The number of carboxylic acid groups (broad SMARTS) is 1. The van der Waals surface area contributed by atoms with Gasteiger partial charge in [0.05, 0.1) is 0 Å². The van der Waals surface area contributed by atoms with Crippen molar-refractivity contribution in [2.24, 2.45) is 5.92 Å². The maximum atomic E-state index is 11.6. The molecule has 0 aliphatic rings. The molecule has 0 fully saturated rings. The normalized spacial score (nSPS) is 12.1. The molecule has 0 aromatic rings. The molecule has 0 heterocycles. The van der Waals surface area contributed by atoms with Crippen LogP contribution >= 0.6 is 0 Å². The zero-order valence-corrected chi connectivity index (χ0v) is 26.5. The van der Waals surface area contributed by atoms with Gasteiger partial charge in [-0.25, -0.2) is 4.79 Å². The number of aliphatic carboxylic acids is 1. The van der Waals surface area contributed by atoms with Gasteiger partial charge >= 0.3 is 5.97 Å². The van der Waals surface area contributed by atoms with Crippen LogP contribution in [0.15, 0.2) is 11.6 Å². The number of unbranched alkanes of at least 4 members (excludes halogenated alkanes) is 25. The molecular weight excluding hydrogens is 464 g/mol. The summed E-state index contributed by atoms with van der Waals surface area (Å²) in [6.45, 7) is 6.93. The minimum atomic E-state index is -0.695. The quantitative estimate of drug-likeness (QED) is 0.0709. The Morgan fingerprint density at radius 3 is 1.24 bits per heavy atom. The third kappa shape index (κ3) is 29.8. The molecule has 0 amide bonds. The van der Waals surface area contributed by atoms with E-state index < -0.39 is 5.97 Å². The molecule has 0 atom stereocenters. The maximum absolute atomic E-state index is 11.6. The summed E-state index contributed by atoms with van der Waals surface area (Å²) in [5.74, 6) is 0.170. The van der Waals surface area contributed by atoms with Gasteiger partial charge in [0, 0.05) is 5.57 Å². The lowest BCUT2D eigenvalue weighted by atomic mass is 10.0. The highest BCUT2D eigenvalue weighted by atomic mass is 16.4. The van der Waals surface area contributed by atoms with E-state index in [2.05, 4.69) is 20.8 Å². The van der Waals surface area contributed by atoms with E-state index in [4.69, 9.17) is 0 Å². The van der Waals surface area contributed by atoms with Gasteiger partial charge in [-0.3, -0.25) is 0 Å². The van der Waals surface area contributed by atoms with Crippen LogP contribution in [0.2, 0.25) is 0 Å². The van der Waals surface area contributed by atoms with Crippen LogP contribution in [0, 0.1) is 5.92 Å². The molecule has 2 heteroatoms. The lowest BCUT2D eigenvalue weighted by Crippen LogP contribution is -2.00. The number of rotatable bonds is 31. The van der Waals surface area contributed by atoms with Crippen LogP contribution in [0.1, 0.15) is 207 Å². The van der Waals surface area contributed by atoms with Gasteiger partial charge in [-0.1, -0.05) is 187 Å². The van der Waals surface area contributed by atoms with Crippen LogP contribution in [0.4, 0.5) is 0 Å². The first-order valence-electron chi connectivity index (χ1n) is 17.5. The van der Waals surface area contributed by atoms with E-state index in [0.29, 0.717) is 5.57 Å². The van der Waals surface area contributed by atoms with Crippen molar-refractivity contribution in [3.8, 4) is 0 Å². The fourth-order valence-electron chi connectivity index (χ4n) is 5.55. The van der Waals surface area contributed by atoms with Gasteiger partial charge in [-0.05, 0) is 31.6 Å². The van der Waals surface area contributed by atoms with Crippen molar-refractivity contribution in [3.63, 3.8) is 0 Å². The number of carboxylic acids is 1. The van der Waals surface area contributed by atoms with Crippen LogP contribution in [0.5, 0.6) is 0 Å². The Balaban J connectivity index is 3.47. The summed E-state index contributed by atoms with van der Waals surface area (Å²) in [5, 5.41) is 9.53. The maximum Gasteiger partial charge on any atom is 0.331 e. The van der Waals surface area contributed by atoms with Gasteiger partial charge in [-0.15, -0.1) is 0 Å². The second kappa shape index (κ2) is 30.7. The highest BCUT2D eigenvalue weighted by molar-refractivity contribution is 5.86. The van der Waals surface area contributed by atoms with Crippen molar-refractivity contribution >= 4 is 5.97 Å². The van der Waals surface area contributed by atoms with E-state index in [1.165, 1.54) is 161 Å². The number of allylic oxidation sites excluding steroid dienone is 1. The average molecular weight is 535 g/mol. The number of hydrogen-bond acceptors (Lipinski definition) is 1. The summed E-state index contributed by atoms with van der Waals surface area (Å²) >= 11 is 0. The van der Waals surface area contributed by atoms with Crippen molar-refractivity contribution in [3.05, 3.63) is 11.6 Å². The van der Waals surface area contributed by atoms with Crippen molar-refractivity contribution in [2.75, 3.05) is 0 Å². The third-order valence-electron chi connectivity index (χ3n) is 8.20. The Bertz CT molecular complexity index is 507. The van der Waals surface area contributed by atoms with E-state index >= 15 is 0 Å². The summed E-state index contributed by atoms with van der Waals surface area (Å²) in [6.07, 6.45) is 40.3. The smallest absolute Gasteiger partial charge is 0.331 e. The first-order chi connectivity index (χ1) is 18.6. The molecule has 0 bridgehead atoms. The Hall–Kier alpha value is -0.790. The lowest BCUT2D eigenvalue weighted by molar-refractivity contribution is -0.132. The predicted molar refractivity (Wildman–Crippen MR) is 170 cm³/mol. The summed E-state index contributed by atoms with van der Waals surface area (Å²) in [6, 6.07) is 0. The standard InChI is InChI=1S/C36H70O2/c1-4-5-6-7-8-9-10-11-14-17-20-23-26-29-32-35(36(37)38)33-30-27-24-21-18-15-12-13-16-19-22-25-28-31-34(2)3/h32,34H,4-31,33H2,1-3H3,(H,37,38). The molecule has 0 spiro atoms. The molecule has 0 radical (unpaired) electrons. The van der Waals surface area contributed by atoms with Gasteiger partial charge in [0.2, 0.25) is 0 Å². The zero-order chi connectivity index (χ0) is 27.9.